The minimum Gasteiger partial charge on any atom is -0.322 e. The molecule has 0 spiro atoms. The van der Waals surface area contributed by atoms with Crippen molar-refractivity contribution in [2.75, 3.05) is 18.4 Å². The molecule has 2 heterocycles. The van der Waals surface area contributed by atoms with Gasteiger partial charge in [-0.05, 0) is 30.7 Å². The molecule has 4 rings (SSSR count). The van der Waals surface area contributed by atoms with E-state index in [2.05, 4.69) is 20.6 Å². The first kappa shape index (κ1) is 17.3. The van der Waals surface area contributed by atoms with Crippen LogP contribution >= 0.6 is 11.8 Å². The normalized spacial score (nSPS) is 15.2. The van der Waals surface area contributed by atoms with Crippen LogP contribution in [0.15, 0.2) is 52.9 Å². The molecule has 0 atom stereocenters. The summed E-state index contributed by atoms with van der Waals surface area (Å²) in [5.74, 6) is -0.367. The van der Waals surface area contributed by atoms with Crippen molar-refractivity contribution in [2.24, 2.45) is 4.99 Å². The van der Waals surface area contributed by atoms with E-state index in [-0.39, 0.29) is 11.6 Å². The number of amidine groups is 1. The summed E-state index contributed by atoms with van der Waals surface area (Å²) < 4.78 is 0. The SMILES string of the molecule is Cc1c(C(=O)Nc2ccc(C3=CSC4=NCCN34)cc2)cccc1[N+](=O)[O-]. The molecular formula is C19H16N4O3S. The zero-order valence-corrected chi connectivity index (χ0v) is 15.3. The van der Waals surface area contributed by atoms with Gasteiger partial charge in [0.1, 0.15) is 0 Å². The van der Waals surface area contributed by atoms with Crippen molar-refractivity contribution in [1.82, 2.24) is 4.90 Å². The number of benzene rings is 2. The zero-order chi connectivity index (χ0) is 19.0. The lowest BCUT2D eigenvalue weighted by Gasteiger charge is -2.17. The lowest BCUT2D eigenvalue weighted by atomic mass is 10.1. The lowest BCUT2D eigenvalue weighted by molar-refractivity contribution is -0.385. The van der Waals surface area contributed by atoms with E-state index in [9.17, 15) is 14.9 Å². The number of nitro groups is 1. The molecule has 136 valence electrons. The number of rotatable bonds is 4. The number of thioether (sulfide) groups is 1. The molecule has 1 N–H and O–H groups in total. The summed E-state index contributed by atoms with van der Waals surface area (Å²) in [4.78, 5) is 29.7. The number of fused-ring (bicyclic) bond motifs is 1. The summed E-state index contributed by atoms with van der Waals surface area (Å²) in [6, 6.07) is 12.0. The fourth-order valence-electron chi connectivity index (χ4n) is 3.14. The Balaban J connectivity index is 1.51. The fraction of sp³-hybridized carbons (Fsp3) is 0.158. The Hall–Kier alpha value is -3.13. The third-order valence-electron chi connectivity index (χ3n) is 4.55. The van der Waals surface area contributed by atoms with Crippen LogP contribution < -0.4 is 5.32 Å². The summed E-state index contributed by atoms with van der Waals surface area (Å²) in [6.45, 7) is 3.28. The van der Waals surface area contributed by atoms with Crippen molar-refractivity contribution in [3.05, 3.63) is 74.7 Å². The maximum absolute atomic E-state index is 12.5. The van der Waals surface area contributed by atoms with Crippen molar-refractivity contribution in [1.29, 1.82) is 0 Å². The predicted molar refractivity (Wildman–Crippen MR) is 107 cm³/mol. The third-order valence-corrected chi connectivity index (χ3v) is 5.45. The molecule has 2 aromatic carbocycles. The predicted octanol–water partition coefficient (Wildman–Crippen LogP) is 3.87. The number of aliphatic imine (C=N–C) groups is 1. The molecule has 0 fully saturated rings. The van der Waals surface area contributed by atoms with Gasteiger partial charge in [0, 0.05) is 34.8 Å². The standard InChI is InChI=1S/C19H16N4O3S/c1-12-15(3-2-4-16(12)23(25)26)18(24)21-14-7-5-13(6-8-14)17-11-27-19-20-9-10-22(17)19/h2-8,11H,9-10H2,1H3,(H,21,24). The van der Waals surface area contributed by atoms with E-state index in [0.717, 1.165) is 29.5 Å². The summed E-state index contributed by atoms with van der Waals surface area (Å²) in [5, 5.41) is 17.0. The zero-order valence-electron chi connectivity index (χ0n) is 14.5. The molecular weight excluding hydrogens is 364 g/mol. The van der Waals surface area contributed by atoms with E-state index in [1.54, 1.807) is 24.8 Å². The van der Waals surface area contributed by atoms with Crippen molar-refractivity contribution in [3.8, 4) is 0 Å². The molecule has 0 saturated carbocycles. The minimum absolute atomic E-state index is 0.0632. The first-order valence-electron chi connectivity index (χ1n) is 8.39. The van der Waals surface area contributed by atoms with E-state index in [4.69, 9.17) is 0 Å². The highest BCUT2D eigenvalue weighted by atomic mass is 32.2. The third kappa shape index (κ3) is 3.19. The highest BCUT2D eigenvalue weighted by molar-refractivity contribution is 8.16. The summed E-state index contributed by atoms with van der Waals surface area (Å²) in [6.07, 6.45) is 0. The van der Waals surface area contributed by atoms with Crippen molar-refractivity contribution in [2.45, 2.75) is 6.92 Å². The molecule has 0 bridgehead atoms. The van der Waals surface area contributed by atoms with Crippen LogP contribution in [0.2, 0.25) is 0 Å². The molecule has 0 unspecified atom stereocenters. The average molecular weight is 380 g/mol. The molecule has 2 aliphatic rings. The molecule has 2 aromatic rings. The largest absolute Gasteiger partial charge is 0.322 e. The summed E-state index contributed by atoms with van der Waals surface area (Å²) in [5.41, 5.74) is 3.39. The highest BCUT2D eigenvalue weighted by Gasteiger charge is 2.27. The molecule has 8 heteroatoms. The van der Waals surface area contributed by atoms with Crippen LogP contribution in [-0.4, -0.2) is 34.0 Å². The second-order valence-corrected chi connectivity index (χ2v) is 7.01. The molecule has 0 aromatic heterocycles. The Morgan fingerprint density at radius 3 is 2.78 bits per heavy atom. The Morgan fingerprint density at radius 1 is 1.26 bits per heavy atom. The number of nitrogens with one attached hydrogen (secondary N) is 1. The van der Waals surface area contributed by atoms with Gasteiger partial charge in [0.25, 0.3) is 11.6 Å². The summed E-state index contributed by atoms with van der Waals surface area (Å²) >= 11 is 1.62. The highest BCUT2D eigenvalue weighted by Crippen LogP contribution is 2.35. The van der Waals surface area contributed by atoms with E-state index in [1.807, 2.05) is 24.3 Å². The molecule has 7 nitrogen and oxygen atoms in total. The smallest absolute Gasteiger partial charge is 0.273 e. The summed E-state index contributed by atoms with van der Waals surface area (Å²) in [7, 11) is 0. The van der Waals surface area contributed by atoms with Crippen LogP contribution in [0.4, 0.5) is 11.4 Å². The van der Waals surface area contributed by atoms with Gasteiger partial charge in [-0.15, -0.1) is 0 Å². The van der Waals surface area contributed by atoms with Crippen LogP contribution in [0.5, 0.6) is 0 Å². The number of hydrogen-bond donors (Lipinski definition) is 1. The fourth-order valence-corrected chi connectivity index (χ4v) is 4.10. The number of hydrogen-bond acceptors (Lipinski definition) is 6. The second-order valence-electron chi connectivity index (χ2n) is 6.18. The van der Waals surface area contributed by atoms with Gasteiger partial charge < -0.3 is 10.2 Å². The number of nitro benzene ring substituents is 1. The first-order chi connectivity index (χ1) is 13.0. The molecule has 0 radical (unpaired) electrons. The molecule has 0 saturated heterocycles. The van der Waals surface area contributed by atoms with Gasteiger partial charge in [0.2, 0.25) is 0 Å². The molecule has 1 amide bonds. The van der Waals surface area contributed by atoms with Gasteiger partial charge in [-0.3, -0.25) is 19.9 Å². The Bertz CT molecular complexity index is 999. The van der Waals surface area contributed by atoms with Gasteiger partial charge in [0.05, 0.1) is 17.2 Å². The Morgan fingerprint density at radius 2 is 2.04 bits per heavy atom. The van der Waals surface area contributed by atoms with E-state index in [0.29, 0.717) is 16.8 Å². The van der Waals surface area contributed by atoms with Crippen molar-refractivity contribution in [3.63, 3.8) is 0 Å². The number of carbonyl (C=O) groups is 1. The maximum atomic E-state index is 12.5. The monoisotopic (exact) mass is 380 g/mol. The van der Waals surface area contributed by atoms with E-state index >= 15 is 0 Å². The molecule has 27 heavy (non-hydrogen) atoms. The quantitative estimate of drug-likeness (QED) is 0.642. The van der Waals surface area contributed by atoms with Crippen LogP contribution in [0.1, 0.15) is 21.5 Å². The number of nitrogens with zero attached hydrogens (tertiary/aromatic N) is 3. The van der Waals surface area contributed by atoms with Crippen molar-refractivity contribution >= 4 is 39.9 Å². The Kier molecular flexibility index (Phi) is 4.41. The van der Waals surface area contributed by atoms with Gasteiger partial charge >= 0.3 is 0 Å². The van der Waals surface area contributed by atoms with Crippen LogP contribution in [0.3, 0.4) is 0 Å². The van der Waals surface area contributed by atoms with Crippen molar-refractivity contribution < 1.29 is 9.72 Å². The second kappa shape index (κ2) is 6.88. The van der Waals surface area contributed by atoms with Crippen LogP contribution in [0, 0.1) is 17.0 Å². The number of carbonyl (C=O) groups excluding carboxylic acids is 1. The first-order valence-corrected chi connectivity index (χ1v) is 9.27. The van der Waals surface area contributed by atoms with E-state index < -0.39 is 4.92 Å². The van der Waals surface area contributed by atoms with Crippen LogP contribution in [0.25, 0.3) is 5.70 Å². The van der Waals surface area contributed by atoms with Gasteiger partial charge in [-0.25, -0.2) is 0 Å². The topological polar surface area (TPSA) is 87.8 Å². The molecule has 2 aliphatic heterocycles. The number of amides is 1. The van der Waals surface area contributed by atoms with Gasteiger partial charge in [-0.2, -0.15) is 0 Å². The van der Waals surface area contributed by atoms with E-state index in [1.165, 1.54) is 12.1 Å². The molecule has 0 aliphatic carbocycles. The number of anilines is 1. The average Bonchev–Trinajstić information content (AvgIpc) is 3.26. The van der Waals surface area contributed by atoms with Gasteiger partial charge in [-0.1, -0.05) is 30.0 Å². The Labute approximate surface area is 159 Å². The van der Waals surface area contributed by atoms with Crippen LogP contribution in [-0.2, 0) is 0 Å². The van der Waals surface area contributed by atoms with Gasteiger partial charge in [0.15, 0.2) is 5.17 Å². The maximum Gasteiger partial charge on any atom is 0.273 e. The lowest BCUT2D eigenvalue weighted by Crippen LogP contribution is -2.19. The minimum atomic E-state index is -0.482.